The number of methoxy groups -OCH3 is 1. The standard InChI is InChI=1S/C12H16BrNO3/c1-16-12(15)9-7-17-11(14-9)10(13)8-5-3-2-4-6-8/h7-8,10H,2-6H2,1H3. The van der Waals surface area contributed by atoms with Crippen LogP contribution < -0.4 is 0 Å². The van der Waals surface area contributed by atoms with E-state index >= 15 is 0 Å². The maximum Gasteiger partial charge on any atom is 0.360 e. The third-order valence-electron chi connectivity index (χ3n) is 3.22. The molecule has 1 saturated carbocycles. The lowest BCUT2D eigenvalue weighted by Gasteiger charge is -2.24. The monoisotopic (exact) mass is 301 g/mol. The fourth-order valence-corrected chi connectivity index (χ4v) is 2.98. The molecule has 17 heavy (non-hydrogen) atoms. The summed E-state index contributed by atoms with van der Waals surface area (Å²) in [6, 6.07) is 0. The average Bonchev–Trinajstić information content (AvgIpc) is 2.87. The molecule has 1 aromatic heterocycles. The highest BCUT2D eigenvalue weighted by Crippen LogP contribution is 2.39. The zero-order valence-electron chi connectivity index (χ0n) is 9.82. The smallest absolute Gasteiger partial charge is 0.360 e. The molecule has 0 bridgehead atoms. The van der Waals surface area contributed by atoms with E-state index in [4.69, 9.17) is 4.42 Å². The summed E-state index contributed by atoms with van der Waals surface area (Å²) in [5, 5.41) is 0. The molecule has 0 spiro atoms. The van der Waals surface area contributed by atoms with Crippen LogP contribution in [0.1, 0.15) is 53.3 Å². The van der Waals surface area contributed by atoms with Gasteiger partial charge in [0.05, 0.1) is 11.9 Å². The Hall–Kier alpha value is -0.840. The fourth-order valence-electron chi connectivity index (χ4n) is 2.24. The van der Waals surface area contributed by atoms with Crippen LogP contribution in [0.3, 0.4) is 0 Å². The van der Waals surface area contributed by atoms with E-state index in [9.17, 15) is 4.79 Å². The van der Waals surface area contributed by atoms with E-state index in [1.807, 2.05) is 0 Å². The van der Waals surface area contributed by atoms with Gasteiger partial charge in [0.15, 0.2) is 5.69 Å². The number of carbonyl (C=O) groups is 1. The van der Waals surface area contributed by atoms with Crippen LogP contribution in [0.25, 0.3) is 0 Å². The van der Waals surface area contributed by atoms with Crippen LogP contribution in [0.2, 0.25) is 0 Å². The van der Waals surface area contributed by atoms with Crippen molar-refractivity contribution in [1.82, 2.24) is 4.98 Å². The Bertz CT molecular complexity index is 385. The summed E-state index contributed by atoms with van der Waals surface area (Å²) in [7, 11) is 1.34. The van der Waals surface area contributed by atoms with Crippen molar-refractivity contribution >= 4 is 21.9 Å². The molecule has 4 nitrogen and oxygen atoms in total. The second kappa shape index (κ2) is 5.67. The number of ether oxygens (including phenoxy) is 1. The van der Waals surface area contributed by atoms with Crippen LogP contribution in [-0.4, -0.2) is 18.1 Å². The molecule has 1 aliphatic carbocycles. The molecule has 0 amide bonds. The SMILES string of the molecule is COC(=O)c1coc(C(Br)C2CCCCC2)n1. The summed E-state index contributed by atoms with van der Waals surface area (Å²) in [5.74, 6) is 0.675. The topological polar surface area (TPSA) is 52.3 Å². The molecule has 1 heterocycles. The number of aromatic nitrogens is 1. The first-order valence-corrected chi connectivity index (χ1v) is 6.81. The van der Waals surface area contributed by atoms with Gasteiger partial charge in [-0.15, -0.1) is 0 Å². The molecule has 0 aromatic carbocycles. The number of esters is 1. The minimum absolute atomic E-state index is 0.0983. The maximum atomic E-state index is 11.3. The second-order valence-corrected chi connectivity index (χ2v) is 5.35. The van der Waals surface area contributed by atoms with Gasteiger partial charge in [-0.3, -0.25) is 0 Å². The van der Waals surface area contributed by atoms with Gasteiger partial charge in [-0.05, 0) is 18.8 Å². The van der Waals surface area contributed by atoms with Crippen molar-refractivity contribution in [3.05, 3.63) is 17.8 Å². The van der Waals surface area contributed by atoms with E-state index in [1.165, 1.54) is 45.5 Å². The first-order valence-electron chi connectivity index (χ1n) is 5.90. The second-order valence-electron chi connectivity index (χ2n) is 4.36. The molecule has 1 fully saturated rings. The number of carbonyl (C=O) groups excluding carboxylic acids is 1. The van der Waals surface area contributed by atoms with Crippen molar-refractivity contribution < 1.29 is 13.9 Å². The first kappa shape index (κ1) is 12.6. The zero-order chi connectivity index (χ0) is 12.3. The largest absolute Gasteiger partial charge is 0.464 e. The van der Waals surface area contributed by atoms with E-state index in [0.717, 1.165) is 0 Å². The summed E-state index contributed by atoms with van der Waals surface area (Å²) in [4.78, 5) is 15.5. The molecule has 1 aromatic rings. The molecular weight excluding hydrogens is 286 g/mol. The minimum atomic E-state index is -0.455. The third kappa shape index (κ3) is 2.89. The Balaban J connectivity index is 2.05. The molecule has 1 unspecified atom stereocenters. The molecular formula is C12H16BrNO3. The van der Waals surface area contributed by atoms with Gasteiger partial charge in [-0.2, -0.15) is 0 Å². The Morgan fingerprint density at radius 3 is 2.88 bits per heavy atom. The Kier molecular flexibility index (Phi) is 4.20. The molecule has 2 rings (SSSR count). The highest BCUT2D eigenvalue weighted by atomic mass is 79.9. The van der Waals surface area contributed by atoms with E-state index in [1.54, 1.807) is 0 Å². The Morgan fingerprint density at radius 1 is 1.53 bits per heavy atom. The summed E-state index contributed by atoms with van der Waals surface area (Å²) in [6.07, 6.45) is 7.57. The summed E-state index contributed by atoms with van der Waals surface area (Å²) < 4.78 is 9.94. The summed E-state index contributed by atoms with van der Waals surface area (Å²) in [5.41, 5.74) is 0.239. The summed E-state index contributed by atoms with van der Waals surface area (Å²) in [6.45, 7) is 0. The van der Waals surface area contributed by atoms with Crippen molar-refractivity contribution in [3.8, 4) is 0 Å². The van der Waals surface area contributed by atoms with Crippen LogP contribution in [0.5, 0.6) is 0 Å². The number of nitrogens with zero attached hydrogens (tertiary/aromatic N) is 1. The van der Waals surface area contributed by atoms with Crippen LogP contribution in [0, 0.1) is 5.92 Å². The van der Waals surface area contributed by atoms with Crippen LogP contribution in [-0.2, 0) is 4.74 Å². The van der Waals surface area contributed by atoms with E-state index < -0.39 is 5.97 Å². The van der Waals surface area contributed by atoms with E-state index in [0.29, 0.717) is 11.8 Å². The van der Waals surface area contributed by atoms with Crippen molar-refractivity contribution in [2.75, 3.05) is 7.11 Å². The normalized spacial score (nSPS) is 18.9. The van der Waals surface area contributed by atoms with Gasteiger partial charge in [0, 0.05) is 0 Å². The predicted octanol–water partition coefficient (Wildman–Crippen LogP) is 3.48. The molecule has 5 heteroatoms. The van der Waals surface area contributed by atoms with Gasteiger partial charge in [0.1, 0.15) is 6.26 Å². The van der Waals surface area contributed by atoms with Crippen molar-refractivity contribution in [2.45, 2.75) is 36.9 Å². The Labute approximate surface area is 109 Å². The van der Waals surface area contributed by atoms with Crippen molar-refractivity contribution in [3.63, 3.8) is 0 Å². The van der Waals surface area contributed by atoms with Crippen LogP contribution >= 0.6 is 15.9 Å². The number of halogens is 1. The molecule has 0 N–H and O–H groups in total. The van der Waals surface area contributed by atoms with Crippen LogP contribution in [0.4, 0.5) is 0 Å². The van der Waals surface area contributed by atoms with E-state index in [2.05, 4.69) is 25.7 Å². The van der Waals surface area contributed by atoms with Gasteiger partial charge >= 0.3 is 5.97 Å². The van der Waals surface area contributed by atoms with Gasteiger partial charge < -0.3 is 9.15 Å². The van der Waals surface area contributed by atoms with Crippen LogP contribution in [0.15, 0.2) is 10.7 Å². The molecule has 0 saturated heterocycles. The molecule has 1 aliphatic rings. The molecule has 0 radical (unpaired) electrons. The first-order chi connectivity index (χ1) is 8.22. The lowest BCUT2D eigenvalue weighted by molar-refractivity contribution is 0.0594. The average molecular weight is 302 g/mol. The third-order valence-corrected chi connectivity index (χ3v) is 4.36. The predicted molar refractivity (Wildman–Crippen MR) is 66.1 cm³/mol. The molecule has 1 atom stereocenters. The molecule has 94 valence electrons. The van der Waals surface area contributed by atoms with Crippen molar-refractivity contribution in [2.24, 2.45) is 5.92 Å². The highest BCUT2D eigenvalue weighted by Gasteiger charge is 2.27. The van der Waals surface area contributed by atoms with Gasteiger partial charge in [-0.1, -0.05) is 35.2 Å². The lowest BCUT2D eigenvalue weighted by Crippen LogP contribution is -2.12. The van der Waals surface area contributed by atoms with Gasteiger partial charge in [0.2, 0.25) is 5.89 Å². The molecule has 0 aliphatic heterocycles. The quantitative estimate of drug-likeness (QED) is 0.633. The lowest BCUT2D eigenvalue weighted by atomic mass is 9.87. The fraction of sp³-hybridized carbons (Fsp3) is 0.667. The number of alkyl halides is 1. The van der Waals surface area contributed by atoms with Crippen molar-refractivity contribution in [1.29, 1.82) is 0 Å². The van der Waals surface area contributed by atoms with Gasteiger partial charge in [-0.25, -0.2) is 9.78 Å². The number of hydrogen-bond acceptors (Lipinski definition) is 4. The number of oxazole rings is 1. The van der Waals surface area contributed by atoms with Gasteiger partial charge in [0.25, 0.3) is 0 Å². The number of hydrogen-bond donors (Lipinski definition) is 0. The Morgan fingerprint density at radius 2 is 2.24 bits per heavy atom. The number of rotatable bonds is 3. The van der Waals surface area contributed by atoms with E-state index in [-0.39, 0.29) is 10.5 Å². The summed E-state index contributed by atoms with van der Waals surface area (Å²) >= 11 is 3.62. The maximum absolute atomic E-state index is 11.3. The minimum Gasteiger partial charge on any atom is -0.464 e. The zero-order valence-corrected chi connectivity index (χ0v) is 11.4. The highest BCUT2D eigenvalue weighted by molar-refractivity contribution is 9.09.